The van der Waals surface area contributed by atoms with Crippen LogP contribution in [0.15, 0.2) is 42.5 Å². The molecule has 0 fully saturated rings. The molecular weight excluding hydrogens is 257 g/mol. The molecule has 2 N–H and O–H groups in total. The van der Waals surface area contributed by atoms with E-state index in [1.165, 1.54) is 12.1 Å². The van der Waals surface area contributed by atoms with Crippen LogP contribution in [-0.2, 0) is 0 Å². The smallest absolute Gasteiger partial charge is 0.214 e. The van der Waals surface area contributed by atoms with Crippen LogP contribution >= 0.6 is 0 Å². The van der Waals surface area contributed by atoms with Crippen LogP contribution in [-0.4, -0.2) is 25.2 Å². The van der Waals surface area contributed by atoms with E-state index >= 15 is 0 Å². The Labute approximate surface area is 118 Å². The topological polar surface area (TPSA) is 51.4 Å². The van der Waals surface area contributed by atoms with E-state index in [1.807, 2.05) is 17.0 Å². The molecule has 1 aromatic heterocycles. The molecule has 20 heavy (non-hydrogen) atoms. The lowest BCUT2D eigenvalue weighted by Crippen LogP contribution is -2.22. The quantitative estimate of drug-likeness (QED) is 0.880. The van der Waals surface area contributed by atoms with E-state index in [0.29, 0.717) is 19.0 Å². The zero-order valence-corrected chi connectivity index (χ0v) is 11.4. The molecule has 2 aromatic rings. The predicted octanol–water partition coefficient (Wildman–Crippen LogP) is 2.72. The minimum Gasteiger partial charge on any atom is -0.481 e. The Balaban J connectivity index is 2.32. The molecule has 0 aliphatic rings. The van der Waals surface area contributed by atoms with Crippen molar-refractivity contribution in [1.82, 2.24) is 4.98 Å². The third-order valence-corrected chi connectivity index (χ3v) is 2.92. The van der Waals surface area contributed by atoms with Gasteiger partial charge in [-0.05, 0) is 43.3 Å². The van der Waals surface area contributed by atoms with Crippen molar-refractivity contribution in [3.63, 3.8) is 0 Å². The van der Waals surface area contributed by atoms with E-state index in [2.05, 4.69) is 4.98 Å². The predicted molar refractivity (Wildman–Crippen MR) is 77.9 cm³/mol. The number of benzene rings is 1. The summed E-state index contributed by atoms with van der Waals surface area (Å²) in [6, 6.07) is 11.9. The number of nitrogens with two attached hydrogens (primary N) is 1. The van der Waals surface area contributed by atoms with Gasteiger partial charge in [-0.25, -0.2) is 4.39 Å². The fourth-order valence-electron chi connectivity index (χ4n) is 1.91. The second-order valence-corrected chi connectivity index (χ2v) is 4.31. The first-order valence-corrected chi connectivity index (χ1v) is 6.49. The first-order valence-electron chi connectivity index (χ1n) is 6.49. The van der Waals surface area contributed by atoms with Crippen molar-refractivity contribution in [3.05, 3.63) is 48.3 Å². The summed E-state index contributed by atoms with van der Waals surface area (Å²) in [7, 11) is 1.58. The molecule has 2 rings (SSSR count). The highest BCUT2D eigenvalue weighted by atomic mass is 19.1. The third kappa shape index (κ3) is 3.45. The highest BCUT2D eigenvalue weighted by Gasteiger charge is 2.11. The Bertz CT molecular complexity index is 545. The summed E-state index contributed by atoms with van der Waals surface area (Å²) in [5.74, 6) is 1.04. The Morgan fingerprint density at radius 3 is 2.60 bits per heavy atom. The lowest BCUT2D eigenvalue weighted by atomic mass is 10.2. The van der Waals surface area contributed by atoms with Crippen molar-refractivity contribution in [2.75, 3.05) is 25.1 Å². The van der Waals surface area contributed by atoms with Crippen molar-refractivity contribution in [2.24, 2.45) is 5.73 Å². The lowest BCUT2D eigenvalue weighted by molar-refractivity contribution is 0.398. The third-order valence-electron chi connectivity index (χ3n) is 2.92. The number of halogens is 1. The van der Waals surface area contributed by atoms with Gasteiger partial charge < -0.3 is 15.4 Å². The molecule has 106 valence electrons. The average Bonchev–Trinajstić information content (AvgIpc) is 2.49. The number of rotatable bonds is 6. The molecule has 0 aliphatic carbocycles. The minimum absolute atomic E-state index is 0.258. The summed E-state index contributed by atoms with van der Waals surface area (Å²) in [6.45, 7) is 1.30. The van der Waals surface area contributed by atoms with Crippen molar-refractivity contribution >= 4 is 11.5 Å². The molecule has 4 nitrogen and oxygen atoms in total. The molecule has 0 saturated carbocycles. The van der Waals surface area contributed by atoms with Crippen LogP contribution in [0, 0.1) is 5.82 Å². The van der Waals surface area contributed by atoms with Gasteiger partial charge in [0, 0.05) is 18.3 Å². The van der Waals surface area contributed by atoms with Crippen LogP contribution in [0.25, 0.3) is 0 Å². The van der Waals surface area contributed by atoms with E-state index in [1.54, 1.807) is 25.3 Å². The number of methoxy groups -OCH3 is 1. The summed E-state index contributed by atoms with van der Waals surface area (Å²) in [4.78, 5) is 6.41. The maximum atomic E-state index is 13.0. The van der Waals surface area contributed by atoms with Gasteiger partial charge in [-0.2, -0.15) is 4.98 Å². The molecule has 1 aromatic carbocycles. The van der Waals surface area contributed by atoms with Gasteiger partial charge in [-0.1, -0.05) is 6.07 Å². The van der Waals surface area contributed by atoms with E-state index in [0.717, 1.165) is 17.9 Å². The average molecular weight is 275 g/mol. The van der Waals surface area contributed by atoms with Crippen molar-refractivity contribution in [3.8, 4) is 5.88 Å². The number of ether oxygens (including phenoxy) is 1. The van der Waals surface area contributed by atoms with Gasteiger partial charge in [0.2, 0.25) is 5.88 Å². The number of hydrogen-bond donors (Lipinski definition) is 1. The molecule has 0 atom stereocenters. The Morgan fingerprint density at radius 2 is 1.95 bits per heavy atom. The van der Waals surface area contributed by atoms with Crippen LogP contribution in [0.3, 0.4) is 0 Å². The van der Waals surface area contributed by atoms with Crippen LogP contribution in [0.1, 0.15) is 6.42 Å². The molecule has 0 radical (unpaired) electrons. The molecule has 0 spiro atoms. The summed E-state index contributed by atoms with van der Waals surface area (Å²) < 4.78 is 18.2. The van der Waals surface area contributed by atoms with Gasteiger partial charge in [0.25, 0.3) is 0 Å². The zero-order valence-electron chi connectivity index (χ0n) is 11.4. The summed E-state index contributed by atoms with van der Waals surface area (Å²) in [5, 5.41) is 0. The van der Waals surface area contributed by atoms with Gasteiger partial charge >= 0.3 is 0 Å². The Hall–Kier alpha value is -2.14. The lowest BCUT2D eigenvalue weighted by Gasteiger charge is -2.24. The van der Waals surface area contributed by atoms with Crippen molar-refractivity contribution in [2.45, 2.75) is 6.42 Å². The first-order chi connectivity index (χ1) is 9.74. The van der Waals surface area contributed by atoms with E-state index in [4.69, 9.17) is 10.5 Å². The largest absolute Gasteiger partial charge is 0.481 e. The zero-order chi connectivity index (χ0) is 14.4. The maximum Gasteiger partial charge on any atom is 0.214 e. The number of hydrogen-bond acceptors (Lipinski definition) is 4. The van der Waals surface area contributed by atoms with E-state index in [9.17, 15) is 4.39 Å². The van der Waals surface area contributed by atoms with E-state index in [-0.39, 0.29) is 5.82 Å². The highest BCUT2D eigenvalue weighted by Crippen LogP contribution is 2.25. The van der Waals surface area contributed by atoms with Crippen LogP contribution < -0.4 is 15.4 Å². The molecular formula is C15H18FN3O. The molecule has 1 heterocycles. The number of anilines is 2. The Morgan fingerprint density at radius 1 is 1.20 bits per heavy atom. The van der Waals surface area contributed by atoms with Crippen molar-refractivity contribution < 1.29 is 9.13 Å². The molecule has 0 aliphatic heterocycles. The normalized spacial score (nSPS) is 10.3. The van der Waals surface area contributed by atoms with Gasteiger partial charge in [-0.3, -0.25) is 0 Å². The van der Waals surface area contributed by atoms with Crippen LogP contribution in [0.4, 0.5) is 15.9 Å². The van der Waals surface area contributed by atoms with Gasteiger partial charge in [-0.15, -0.1) is 0 Å². The molecule has 0 bridgehead atoms. The second-order valence-electron chi connectivity index (χ2n) is 4.31. The summed E-state index contributed by atoms with van der Waals surface area (Å²) >= 11 is 0. The SMILES string of the molecule is COc1cccc(N(CCCN)c2ccc(F)cc2)n1. The number of aromatic nitrogens is 1. The Kier molecular flexibility index (Phi) is 4.90. The van der Waals surface area contributed by atoms with Crippen LogP contribution in [0.5, 0.6) is 5.88 Å². The fourth-order valence-corrected chi connectivity index (χ4v) is 1.91. The van der Waals surface area contributed by atoms with Gasteiger partial charge in [0.15, 0.2) is 0 Å². The van der Waals surface area contributed by atoms with Gasteiger partial charge in [0.05, 0.1) is 7.11 Å². The molecule has 0 unspecified atom stereocenters. The minimum atomic E-state index is -0.258. The van der Waals surface area contributed by atoms with Crippen molar-refractivity contribution in [1.29, 1.82) is 0 Å². The molecule has 0 amide bonds. The number of nitrogens with zero attached hydrogens (tertiary/aromatic N) is 2. The summed E-state index contributed by atoms with van der Waals surface area (Å²) in [6.07, 6.45) is 0.816. The first kappa shape index (κ1) is 14.3. The highest BCUT2D eigenvalue weighted by molar-refractivity contribution is 5.60. The summed E-state index contributed by atoms with van der Waals surface area (Å²) in [5.41, 5.74) is 6.46. The monoisotopic (exact) mass is 275 g/mol. The molecule has 5 heteroatoms. The fraction of sp³-hybridized carbons (Fsp3) is 0.267. The standard InChI is InChI=1S/C15H18FN3O/c1-20-15-5-2-4-14(18-15)19(11-3-10-17)13-8-6-12(16)7-9-13/h2,4-9H,3,10-11,17H2,1H3. The van der Waals surface area contributed by atoms with Gasteiger partial charge in [0.1, 0.15) is 11.6 Å². The molecule has 0 saturated heterocycles. The van der Waals surface area contributed by atoms with E-state index < -0.39 is 0 Å². The number of pyridine rings is 1. The second kappa shape index (κ2) is 6.86. The maximum absolute atomic E-state index is 13.0. The van der Waals surface area contributed by atoms with Crippen LogP contribution in [0.2, 0.25) is 0 Å².